The maximum atomic E-state index is 13.7. The summed E-state index contributed by atoms with van der Waals surface area (Å²) in [4.78, 5) is 36.7. The fraction of sp³-hybridized carbons (Fsp3) is 0.438. The highest BCUT2D eigenvalue weighted by molar-refractivity contribution is 6.31. The number of urea groups is 1. The van der Waals surface area contributed by atoms with E-state index in [0.717, 1.165) is 19.3 Å². The quantitative estimate of drug-likeness (QED) is 0.818. The van der Waals surface area contributed by atoms with Crippen molar-refractivity contribution >= 4 is 29.4 Å². The number of rotatable bonds is 3. The lowest BCUT2D eigenvalue weighted by molar-refractivity contribution is -0.139. The average molecular weight is 354 g/mol. The van der Waals surface area contributed by atoms with Crippen molar-refractivity contribution in [1.29, 1.82) is 0 Å². The third-order valence-corrected chi connectivity index (χ3v) is 4.86. The summed E-state index contributed by atoms with van der Waals surface area (Å²) in [6.45, 7) is 0. The van der Waals surface area contributed by atoms with Gasteiger partial charge in [0.25, 0.3) is 5.91 Å². The lowest BCUT2D eigenvalue weighted by Gasteiger charge is -2.30. The molecule has 0 bridgehead atoms. The minimum absolute atomic E-state index is 0.0242. The van der Waals surface area contributed by atoms with Gasteiger partial charge in [0.15, 0.2) is 0 Å². The van der Waals surface area contributed by atoms with Crippen LogP contribution in [0.25, 0.3) is 0 Å². The van der Waals surface area contributed by atoms with Gasteiger partial charge in [-0.1, -0.05) is 36.9 Å². The van der Waals surface area contributed by atoms with E-state index in [9.17, 15) is 18.8 Å². The Labute approximate surface area is 143 Å². The van der Waals surface area contributed by atoms with Gasteiger partial charge < -0.3 is 5.32 Å². The lowest BCUT2D eigenvalue weighted by Crippen LogP contribution is -2.51. The van der Waals surface area contributed by atoms with Gasteiger partial charge in [0.2, 0.25) is 5.91 Å². The van der Waals surface area contributed by atoms with Gasteiger partial charge >= 0.3 is 6.03 Å². The number of amides is 4. The number of imide groups is 1. The molecule has 0 unspecified atom stereocenters. The average Bonchev–Trinajstić information content (AvgIpc) is 2.76. The zero-order chi connectivity index (χ0) is 17.3. The van der Waals surface area contributed by atoms with E-state index in [1.165, 1.54) is 18.2 Å². The van der Waals surface area contributed by atoms with Crippen molar-refractivity contribution in [1.82, 2.24) is 15.8 Å². The number of hydrogen-bond acceptors (Lipinski definition) is 3. The molecule has 8 heteroatoms. The topological polar surface area (TPSA) is 78.5 Å². The van der Waals surface area contributed by atoms with Gasteiger partial charge in [0.1, 0.15) is 11.4 Å². The van der Waals surface area contributed by atoms with Crippen molar-refractivity contribution < 1.29 is 18.8 Å². The van der Waals surface area contributed by atoms with E-state index in [2.05, 4.69) is 10.7 Å². The summed E-state index contributed by atoms with van der Waals surface area (Å²) in [7, 11) is 0. The zero-order valence-electron chi connectivity index (χ0n) is 12.9. The summed E-state index contributed by atoms with van der Waals surface area (Å²) < 4.78 is 13.7. The molecule has 128 valence electrons. The highest BCUT2D eigenvalue weighted by Crippen LogP contribution is 2.33. The highest BCUT2D eigenvalue weighted by Gasteiger charge is 2.52. The third kappa shape index (κ3) is 2.96. The molecular weight excluding hydrogens is 337 g/mol. The standard InChI is InChI=1S/C16H17ClFN3O3/c17-11-5-4-6-12(18)10(11)9-13(22)20-21-14(23)16(19-15(21)24)7-2-1-3-8-16/h4-6H,1-3,7-9H2,(H,19,24)(H,20,22). The van der Waals surface area contributed by atoms with Crippen molar-refractivity contribution in [2.24, 2.45) is 0 Å². The summed E-state index contributed by atoms with van der Waals surface area (Å²) >= 11 is 5.88. The molecule has 2 fully saturated rings. The van der Waals surface area contributed by atoms with Crippen LogP contribution in [0, 0.1) is 5.82 Å². The van der Waals surface area contributed by atoms with Crippen molar-refractivity contribution in [3.8, 4) is 0 Å². The van der Waals surface area contributed by atoms with Crippen LogP contribution in [0.15, 0.2) is 18.2 Å². The number of nitrogens with zero attached hydrogens (tertiary/aromatic N) is 1. The predicted octanol–water partition coefficient (Wildman–Crippen LogP) is 2.31. The van der Waals surface area contributed by atoms with Gasteiger partial charge in [-0.2, -0.15) is 5.01 Å². The molecule has 2 N–H and O–H groups in total. The molecule has 1 aliphatic heterocycles. The van der Waals surface area contributed by atoms with Crippen molar-refractivity contribution in [3.05, 3.63) is 34.6 Å². The Morgan fingerprint density at radius 1 is 1.29 bits per heavy atom. The summed E-state index contributed by atoms with van der Waals surface area (Å²) in [5.74, 6) is -1.75. The van der Waals surface area contributed by atoms with Gasteiger partial charge in [-0.05, 0) is 25.0 Å². The largest absolute Gasteiger partial charge is 0.344 e. The summed E-state index contributed by atoms with van der Waals surface area (Å²) in [6, 6.07) is 3.44. The van der Waals surface area contributed by atoms with Gasteiger partial charge in [-0.3, -0.25) is 15.0 Å². The number of halogens is 2. The molecule has 4 amide bonds. The minimum Gasteiger partial charge on any atom is -0.322 e. The van der Waals surface area contributed by atoms with E-state index < -0.39 is 29.2 Å². The van der Waals surface area contributed by atoms with E-state index in [1.807, 2.05) is 0 Å². The molecule has 6 nitrogen and oxygen atoms in total. The number of carbonyl (C=O) groups excluding carboxylic acids is 3. The molecule has 1 saturated heterocycles. The number of carbonyl (C=O) groups is 3. The molecule has 2 aliphatic rings. The number of hydrazine groups is 1. The fourth-order valence-corrected chi connectivity index (χ4v) is 3.47. The summed E-state index contributed by atoms with van der Waals surface area (Å²) in [5.41, 5.74) is 1.37. The number of hydrogen-bond donors (Lipinski definition) is 2. The molecule has 24 heavy (non-hydrogen) atoms. The molecule has 0 atom stereocenters. The Balaban J connectivity index is 1.70. The molecular formula is C16H17ClFN3O3. The normalized spacial score (nSPS) is 19.5. The van der Waals surface area contributed by atoms with Crippen LogP contribution in [0.4, 0.5) is 9.18 Å². The highest BCUT2D eigenvalue weighted by atomic mass is 35.5. The van der Waals surface area contributed by atoms with Crippen molar-refractivity contribution in [2.45, 2.75) is 44.1 Å². The maximum Gasteiger partial charge on any atom is 0.344 e. The molecule has 0 radical (unpaired) electrons. The van der Waals surface area contributed by atoms with Crippen molar-refractivity contribution in [3.63, 3.8) is 0 Å². The molecule has 1 aromatic carbocycles. The van der Waals surface area contributed by atoms with Gasteiger partial charge in [0, 0.05) is 10.6 Å². The van der Waals surface area contributed by atoms with Crippen LogP contribution >= 0.6 is 11.6 Å². The third-order valence-electron chi connectivity index (χ3n) is 4.50. The predicted molar refractivity (Wildman–Crippen MR) is 84.5 cm³/mol. The van der Waals surface area contributed by atoms with Crippen LogP contribution in [0.1, 0.15) is 37.7 Å². The molecule has 1 aliphatic carbocycles. The number of nitrogens with one attached hydrogen (secondary N) is 2. The Hall–Kier alpha value is -2.15. The lowest BCUT2D eigenvalue weighted by atomic mass is 9.82. The second kappa shape index (κ2) is 6.39. The van der Waals surface area contributed by atoms with Crippen LogP contribution in [0.5, 0.6) is 0 Å². The van der Waals surface area contributed by atoms with E-state index in [0.29, 0.717) is 17.9 Å². The Bertz CT molecular complexity index is 684. The van der Waals surface area contributed by atoms with Gasteiger partial charge in [-0.15, -0.1) is 0 Å². The smallest absolute Gasteiger partial charge is 0.322 e. The van der Waals surface area contributed by atoms with E-state index in [4.69, 9.17) is 11.6 Å². The molecule has 1 aromatic rings. The SMILES string of the molecule is O=C(Cc1c(F)cccc1Cl)NN1C(=O)NC2(CCCCC2)C1=O. The van der Waals surface area contributed by atoms with Crippen LogP contribution in [0.3, 0.4) is 0 Å². The Kier molecular flexibility index (Phi) is 4.45. The maximum absolute atomic E-state index is 13.7. The van der Waals surface area contributed by atoms with Crippen LogP contribution in [-0.4, -0.2) is 28.4 Å². The first-order valence-corrected chi connectivity index (χ1v) is 8.20. The van der Waals surface area contributed by atoms with E-state index >= 15 is 0 Å². The van der Waals surface area contributed by atoms with Gasteiger partial charge in [-0.25, -0.2) is 9.18 Å². The number of benzene rings is 1. The first-order valence-electron chi connectivity index (χ1n) is 7.82. The Morgan fingerprint density at radius 2 is 2.00 bits per heavy atom. The second-order valence-electron chi connectivity index (χ2n) is 6.13. The first-order chi connectivity index (χ1) is 11.4. The van der Waals surface area contributed by atoms with E-state index in [1.54, 1.807) is 0 Å². The van der Waals surface area contributed by atoms with Gasteiger partial charge in [0.05, 0.1) is 6.42 Å². The van der Waals surface area contributed by atoms with Crippen LogP contribution in [0.2, 0.25) is 5.02 Å². The summed E-state index contributed by atoms with van der Waals surface area (Å²) in [6.07, 6.45) is 3.46. The molecule has 1 spiro atoms. The van der Waals surface area contributed by atoms with E-state index in [-0.39, 0.29) is 17.0 Å². The fourth-order valence-electron chi connectivity index (χ4n) is 3.24. The van der Waals surface area contributed by atoms with Crippen LogP contribution in [-0.2, 0) is 16.0 Å². The second-order valence-corrected chi connectivity index (χ2v) is 6.53. The minimum atomic E-state index is -0.918. The van der Waals surface area contributed by atoms with Crippen molar-refractivity contribution in [2.75, 3.05) is 0 Å². The monoisotopic (exact) mass is 353 g/mol. The Morgan fingerprint density at radius 3 is 2.67 bits per heavy atom. The first kappa shape index (κ1) is 16.7. The van der Waals surface area contributed by atoms with Crippen LogP contribution < -0.4 is 10.7 Å². The molecule has 1 saturated carbocycles. The molecule has 1 heterocycles. The molecule has 3 rings (SSSR count). The summed E-state index contributed by atoms with van der Waals surface area (Å²) in [5, 5.41) is 3.50. The molecule has 0 aromatic heterocycles. The zero-order valence-corrected chi connectivity index (χ0v) is 13.7.